The first kappa shape index (κ1) is 16.3. The number of ketones is 1. The van der Waals surface area contributed by atoms with E-state index < -0.39 is 11.7 Å². The van der Waals surface area contributed by atoms with Crippen molar-refractivity contribution in [2.24, 2.45) is 0 Å². The van der Waals surface area contributed by atoms with E-state index in [2.05, 4.69) is 0 Å². The molecular weight excluding hydrogens is 313 g/mol. The molecule has 0 aliphatic rings. The Kier molecular flexibility index (Phi) is 4.71. The van der Waals surface area contributed by atoms with E-state index in [1.165, 1.54) is 37.5 Å². The van der Waals surface area contributed by atoms with Crippen LogP contribution in [0.1, 0.15) is 33.3 Å². The van der Waals surface area contributed by atoms with Gasteiger partial charge in [-0.1, -0.05) is 18.2 Å². The molecule has 0 N–H and O–H groups in total. The Morgan fingerprint density at radius 3 is 2.32 bits per heavy atom. The molecule has 2 rings (SSSR count). The molecule has 1 heterocycles. The fourth-order valence-corrected chi connectivity index (χ4v) is 2.85. The number of hydrogen-bond donors (Lipinski definition) is 0. The second-order valence-electron chi connectivity index (χ2n) is 4.56. The predicted octanol–water partition coefficient (Wildman–Crippen LogP) is 5.15. The highest BCUT2D eigenvalue weighted by Crippen LogP contribution is 2.33. The Balaban J connectivity index is 2.24. The van der Waals surface area contributed by atoms with Crippen molar-refractivity contribution < 1.29 is 22.7 Å². The van der Waals surface area contributed by atoms with Crippen LogP contribution in [-0.2, 0) is 6.18 Å². The molecule has 2 nitrogen and oxygen atoms in total. The van der Waals surface area contributed by atoms with Gasteiger partial charge in [-0.25, -0.2) is 0 Å². The normalized spacial score (nSPS) is 11.9. The average Bonchev–Trinajstić information content (AvgIpc) is 2.87. The number of Topliss-reactive ketones (excluding diaryl/α,β-unsaturated/α-hetero) is 1. The number of halogens is 3. The fourth-order valence-electron chi connectivity index (χ4n) is 1.89. The van der Waals surface area contributed by atoms with Crippen LogP contribution < -0.4 is 4.74 Å². The maximum Gasteiger partial charge on any atom is 0.416 e. The van der Waals surface area contributed by atoms with E-state index in [1.807, 2.05) is 0 Å². The summed E-state index contributed by atoms with van der Waals surface area (Å²) < 4.78 is 42.7. The van der Waals surface area contributed by atoms with Gasteiger partial charge in [0.15, 0.2) is 5.78 Å². The van der Waals surface area contributed by atoms with E-state index in [9.17, 15) is 18.0 Å². The summed E-state index contributed by atoms with van der Waals surface area (Å²) in [6, 6.07) is 4.86. The van der Waals surface area contributed by atoms with Crippen molar-refractivity contribution in [3.8, 4) is 5.75 Å². The monoisotopic (exact) mass is 326 g/mol. The van der Waals surface area contributed by atoms with Gasteiger partial charge >= 0.3 is 6.18 Å². The smallest absolute Gasteiger partial charge is 0.416 e. The van der Waals surface area contributed by atoms with Crippen molar-refractivity contribution in [2.75, 3.05) is 7.11 Å². The summed E-state index contributed by atoms with van der Waals surface area (Å²) in [5, 5.41) is 1.70. The molecule has 0 amide bonds. The molecule has 6 heteroatoms. The van der Waals surface area contributed by atoms with Gasteiger partial charge < -0.3 is 4.74 Å². The van der Waals surface area contributed by atoms with Gasteiger partial charge in [0.25, 0.3) is 0 Å². The minimum absolute atomic E-state index is 0.0951. The second kappa shape index (κ2) is 6.36. The van der Waals surface area contributed by atoms with Gasteiger partial charge in [0.1, 0.15) is 5.75 Å². The van der Waals surface area contributed by atoms with E-state index in [0.29, 0.717) is 16.9 Å². The number of alkyl halides is 3. The first-order chi connectivity index (χ1) is 10.3. The molecule has 116 valence electrons. The van der Waals surface area contributed by atoms with Crippen LogP contribution in [0.3, 0.4) is 0 Å². The molecule has 0 radical (unpaired) electrons. The first-order valence-electron chi connectivity index (χ1n) is 6.34. The van der Waals surface area contributed by atoms with E-state index >= 15 is 0 Å². The topological polar surface area (TPSA) is 26.3 Å². The summed E-state index contributed by atoms with van der Waals surface area (Å²) in [6.45, 7) is 1.45. The number of benzene rings is 1. The van der Waals surface area contributed by atoms with Gasteiger partial charge in [-0.3, -0.25) is 4.79 Å². The Bertz CT molecular complexity index is 697. The molecule has 1 aromatic carbocycles. The minimum Gasteiger partial charge on any atom is -0.494 e. The van der Waals surface area contributed by atoms with Crippen molar-refractivity contribution in [1.82, 2.24) is 0 Å². The summed E-state index contributed by atoms with van der Waals surface area (Å²) in [6.07, 6.45) is -0.938. The van der Waals surface area contributed by atoms with Crippen LogP contribution in [0.25, 0.3) is 12.2 Å². The largest absolute Gasteiger partial charge is 0.494 e. The van der Waals surface area contributed by atoms with Crippen LogP contribution in [0.15, 0.2) is 29.6 Å². The standard InChI is InChI=1S/C16H13F3O2S/c1-10(20)13-9-22-14(15(13)21-2)8-5-11-3-6-12(7-4-11)16(17,18)19/h3-9H,1-2H3/b8-5+. The molecule has 1 aromatic heterocycles. The molecule has 0 saturated carbocycles. The van der Waals surface area contributed by atoms with Crippen molar-refractivity contribution in [1.29, 1.82) is 0 Å². The van der Waals surface area contributed by atoms with Crippen molar-refractivity contribution in [2.45, 2.75) is 13.1 Å². The first-order valence-corrected chi connectivity index (χ1v) is 7.22. The van der Waals surface area contributed by atoms with E-state index in [4.69, 9.17) is 4.74 Å². The number of carbonyl (C=O) groups is 1. The highest BCUT2D eigenvalue weighted by Gasteiger charge is 2.29. The van der Waals surface area contributed by atoms with Gasteiger partial charge in [-0.2, -0.15) is 13.2 Å². The molecule has 0 fully saturated rings. The van der Waals surface area contributed by atoms with Crippen LogP contribution in [0, 0.1) is 0 Å². The molecule has 0 atom stereocenters. The predicted molar refractivity (Wildman–Crippen MR) is 81.2 cm³/mol. The summed E-state index contributed by atoms with van der Waals surface area (Å²) in [4.78, 5) is 12.2. The third-order valence-corrected chi connectivity index (χ3v) is 3.95. The highest BCUT2D eigenvalue weighted by atomic mass is 32.1. The van der Waals surface area contributed by atoms with Crippen molar-refractivity contribution >= 4 is 29.3 Å². The van der Waals surface area contributed by atoms with E-state index in [1.54, 1.807) is 17.5 Å². The van der Waals surface area contributed by atoms with E-state index in [-0.39, 0.29) is 5.78 Å². The van der Waals surface area contributed by atoms with Gasteiger partial charge in [0.05, 0.1) is 23.1 Å². The number of carbonyl (C=O) groups excluding carboxylic acids is 1. The minimum atomic E-state index is -4.34. The molecule has 0 aliphatic carbocycles. The number of ether oxygens (including phenoxy) is 1. The third-order valence-electron chi connectivity index (χ3n) is 3.02. The van der Waals surface area contributed by atoms with Gasteiger partial charge in [0.2, 0.25) is 0 Å². The van der Waals surface area contributed by atoms with Crippen molar-refractivity contribution in [3.63, 3.8) is 0 Å². The van der Waals surface area contributed by atoms with Crippen LogP contribution >= 0.6 is 11.3 Å². The Hall–Kier alpha value is -2.08. The molecule has 0 saturated heterocycles. The number of thiophene rings is 1. The Labute approximate surface area is 129 Å². The summed E-state index contributed by atoms with van der Waals surface area (Å²) in [5.74, 6) is 0.392. The van der Waals surface area contributed by atoms with Crippen LogP contribution in [-0.4, -0.2) is 12.9 Å². The van der Waals surface area contributed by atoms with Crippen LogP contribution in [0.5, 0.6) is 5.75 Å². The van der Waals surface area contributed by atoms with Gasteiger partial charge in [0, 0.05) is 5.38 Å². The average molecular weight is 326 g/mol. The lowest BCUT2D eigenvalue weighted by Crippen LogP contribution is -2.03. The lowest BCUT2D eigenvalue weighted by Gasteiger charge is -2.06. The lowest BCUT2D eigenvalue weighted by molar-refractivity contribution is -0.137. The zero-order valence-corrected chi connectivity index (χ0v) is 12.7. The van der Waals surface area contributed by atoms with Crippen LogP contribution in [0.4, 0.5) is 13.2 Å². The maximum absolute atomic E-state index is 12.5. The van der Waals surface area contributed by atoms with Gasteiger partial charge in [-0.15, -0.1) is 11.3 Å². The number of methoxy groups -OCH3 is 1. The SMILES string of the molecule is COc1c(C(C)=O)csc1/C=C/c1ccc(C(F)(F)F)cc1. The summed E-state index contributed by atoms with van der Waals surface area (Å²) in [7, 11) is 1.48. The fraction of sp³-hybridized carbons (Fsp3) is 0.188. The zero-order chi connectivity index (χ0) is 16.3. The molecule has 0 unspecified atom stereocenters. The quantitative estimate of drug-likeness (QED) is 0.726. The lowest BCUT2D eigenvalue weighted by atomic mass is 10.1. The second-order valence-corrected chi connectivity index (χ2v) is 5.47. The summed E-state index contributed by atoms with van der Waals surface area (Å²) >= 11 is 1.34. The third kappa shape index (κ3) is 3.57. The number of hydrogen-bond acceptors (Lipinski definition) is 3. The van der Waals surface area contributed by atoms with Gasteiger partial charge in [-0.05, 0) is 30.7 Å². The summed E-state index contributed by atoms with van der Waals surface area (Å²) in [5.41, 5.74) is 0.449. The highest BCUT2D eigenvalue weighted by molar-refractivity contribution is 7.11. The molecule has 0 aliphatic heterocycles. The van der Waals surface area contributed by atoms with Crippen LogP contribution in [0.2, 0.25) is 0 Å². The van der Waals surface area contributed by atoms with E-state index in [0.717, 1.165) is 17.0 Å². The Morgan fingerprint density at radius 2 is 1.82 bits per heavy atom. The molecule has 0 spiro atoms. The van der Waals surface area contributed by atoms with Crippen molar-refractivity contribution in [3.05, 3.63) is 51.2 Å². The number of rotatable bonds is 4. The Morgan fingerprint density at radius 1 is 1.18 bits per heavy atom. The maximum atomic E-state index is 12.5. The molecule has 2 aromatic rings. The zero-order valence-electron chi connectivity index (χ0n) is 11.9. The molecular formula is C16H13F3O2S. The molecule has 22 heavy (non-hydrogen) atoms. The molecule has 0 bridgehead atoms.